The summed E-state index contributed by atoms with van der Waals surface area (Å²) in [5.74, 6) is 0. The number of fused-ring (bicyclic) bond motifs is 10. The van der Waals surface area contributed by atoms with E-state index in [0.717, 1.165) is 22.0 Å². The minimum absolute atomic E-state index is 0.0344. The first kappa shape index (κ1) is 22.3. The number of aryl methyl sites for hydroxylation is 2. The molecule has 3 heterocycles. The highest BCUT2D eigenvalue weighted by Gasteiger charge is 2.53. The van der Waals surface area contributed by atoms with Crippen LogP contribution in [-0.2, 0) is 7.05 Å². The molecule has 0 atom stereocenters. The Kier molecular flexibility index (Phi) is 4.53. The van der Waals surface area contributed by atoms with Crippen molar-refractivity contribution in [2.75, 3.05) is 4.90 Å². The van der Waals surface area contributed by atoms with Crippen LogP contribution in [0.25, 0.3) is 21.9 Å². The molecule has 0 saturated carbocycles. The van der Waals surface area contributed by atoms with Gasteiger partial charge in [-0.1, -0.05) is 84.9 Å². The summed E-state index contributed by atoms with van der Waals surface area (Å²) in [6, 6.07) is 42.2. The van der Waals surface area contributed by atoms with E-state index in [-0.39, 0.29) is 5.56 Å². The molecule has 8 rings (SSSR count). The molecule has 0 bridgehead atoms. The smallest absolute Gasteiger partial charge is 0.258 e. The van der Waals surface area contributed by atoms with Crippen molar-refractivity contribution in [3.05, 3.63) is 137 Å². The molecule has 0 N–H and O–H groups in total. The van der Waals surface area contributed by atoms with E-state index in [1.54, 1.807) is 4.57 Å². The summed E-state index contributed by atoms with van der Waals surface area (Å²) in [6.07, 6.45) is 1.93. The van der Waals surface area contributed by atoms with E-state index >= 15 is 0 Å². The molecule has 1 aromatic heterocycles. The van der Waals surface area contributed by atoms with Gasteiger partial charge in [-0.2, -0.15) is 0 Å². The second-order valence-corrected chi connectivity index (χ2v) is 14.3. The van der Waals surface area contributed by atoms with Crippen LogP contribution in [0.2, 0.25) is 0 Å². The van der Waals surface area contributed by atoms with Gasteiger partial charge in [-0.3, -0.25) is 4.79 Å². The van der Waals surface area contributed by atoms with E-state index in [2.05, 4.69) is 121 Å². The summed E-state index contributed by atoms with van der Waals surface area (Å²) >= 11 is 0. The molecule has 0 radical (unpaired) electrons. The highest BCUT2D eigenvalue weighted by molar-refractivity contribution is 7.23. The van der Waals surface area contributed by atoms with Crippen molar-refractivity contribution in [1.29, 1.82) is 0 Å². The Morgan fingerprint density at radius 3 is 1.69 bits per heavy atom. The molecule has 3 nitrogen and oxygen atoms in total. The average molecular weight is 519 g/mol. The zero-order chi connectivity index (χ0) is 26.3. The molecule has 186 valence electrons. The number of anilines is 3. The lowest BCUT2D eigenvalue weighted by Gasteiger charge is -2.43. The zero-order valence-electron chi connectivity index (χ0n) is 21.8. The standard InChI is InChI=1S/C35H26N2OSi/c1-23-22-36(2)35(38)27-20-19-24(21-28(23)27)37-29-13-5-9-17-33(29)39(34-18-10-6-14-30(34)37)31-15-7-3-11-25(31)26-12-4-8-16-32(26)39/h3-22H,1-2H3. The Morgan fingerprint density at radius 1 is 0.590 bits per heavy atom. The lowest BCUT2D eigenvalue weighted by atomic mass is 10.1. The van der Waals surface area contributed by atoms with E-state index in [9.17, 15) is 4.79 Å². The SMILES string of the molecule is Cc1cn(C)c(=O)c2ccc(N3c4ccccc4[Si]4(c5ccccc5-c5ccccc54)c4ccccc43)cc12. The number of rotatable bonds is 1. The number of hydrogen-bond acceptors (Lipinski definition) is 2. The van der Waals surface area contributed by atoms with Gasteiger partial charge in [-0.25, -0.2) is 0 Å². The first-order valence-corrected chi connectivity index (χ1v) is 15.4. The van der Waals surface area contributed by atoms with Crippen molar-refractivity contribution in [1.82, 2.24) is 4.57 Å². The fraction of sp³-hybridized carbons (Fsp3) is 0.0571. The van der Waals surface area contributed by atoms with Crippen LogP contribution in [0.5, 0.6) is 0 Å². The van der Waals surface area contributed by atoms with E-state index in [0.29, 0.717) is 0 Å². The van der Waals surface area contributed by atoms with Crippen LogP contribution in [0.1, 0.15) is 5.56 Å². The second-order valence-electron chi connectivity index (χ2n) is 10.7. The fourth-order valence-corrected chi connectivity index (χ4v) is 12.7. The van der Waals surface area contributed by atoms with Crippen LogP contribution < -0.4 is 31.2 Å². The predicted octanol–water partition coefficient (Wildman–Crippen LogP) is 4.99. The minimum Gasteiger partial charge on any atom is -0.318 e. The normalized spacial score (nSPS) is 14.2. The highest BCUT2D eigenvalue weighted by Crippen LogP contribution is 2.41. The fourth-order valence-electron chi connectivity index (χ4n) is 7.13. The van der Waals surface area contributed by atoms with Crippen molar-refractivity contribution in [2.45, 2.75) is 6.92 Å². The first-order valence-electron chi connectivity index (χ1n) is 13.4. The van der Waals surface area contributed by atoms with Crippen LogP contribution in [-0.4, -0.2) is 12.6 Å². The van der Waals surface area contributed by atoms with Gasteiger partial charge in [0.1, 0.15) is 0 Å². The van der Waals surface area contributed by atoms with Crippen molar-refractivity contribution >= 4 is 56.7 Å². The number of nitrogens with zero attached hydrogens (tertiary/aromatic N) is 2. The van der Waals surface area contributed by atoms with Crippen molar-refractivity contribution < 1.29 is 0 Å². The van der Waals surface area contributed by atoms with Gasteiger partial charge in [0.2, 0.25) is 0 Å². The third kappa shape index (κ3) is 2.79. The summed E-state index contributed by atoms with van der Waals surface area (Å²) in [6.45, 7) is 2.08. The molecule has 39 heavy (non-hydrogen) atoms. The molecule has 6 aromatic rings. The number of pyridine rings is 1. The van der Waals surface area contributed by atoms with Crippen LogP contribution in [0.3, 0.4) is 0 Å². The van der Waals surface area contributed by atoms with Gasteiger partial charge >= 0.3 is 0 Å². The molecule has 2 aliphatic heterocycles. The second kappa shape index (κ2) is 7.92. The maximum Gasteiger partial charge on any atom is 0.258 e. The monoisotopic (exact) mass is 518 g/mol. The van der Waals surface area contributed by atoms with E-state index in [1.807, 2.05) is 19.3 Å². The largest absolute Gasteiger partial charge is 0.318 e. The lowest BCUT2D eigenvalue weighted by molar-refractivity contribution is 0.866. The molecule has 2 aliphatic rings. The molecular formula is C35H26N2OSi. The quantitative estimate of drug-likeness (QED) is 0.286. The Balaban J connectivity index is 1.48. The molecule has 0 aliphatic carbocycles. The molecule has 0 unspecified atom stereocenters. The molecule has 5 aromatic carbocycles. The van der Waals surface area contributed by atoms with Crippen molar-refractivity contribution in [3.63, 3.8) is 0 Å². The molecule has 0 amide bonds. The van der Waals surface area contributed by atoms with Gasteiger partial charge in [0, 0.05) is 35.7 Å². The highest BCUT2D eigenvalue weighted by atomic mass is 28.3. The van der Waals surface area contributed by atoms with Gasteiger partial charge in [-0.15, -0.1) is 0 Å². The number of hydrogen-bond donors (Lipinski definition) is 0. The van der Waals surface area contributed by atoms with Gasteiger partial charge in [-0.05, 0) is 80.1 Å². The first-order chi connectivity index (χ1) is 19.1. The molecule has 0 fully saturated rings. The maximum atomic E-state index is 12.9. The summed E-state index contributed by atoms with van der Waals surface area (Å²) in [7, 11) is -0.732. The molecule has 4 heteroatoms. The Morgan fingerprint density at radius 2 is 1.10 bits per heavy atom. The van der Waals surface area contributed by atoms with Crippen molar-refractivity contribution in [3.8, 4) is 11.1 Å². The van der Waals surface area contributed by atoms with E-state index < -0.39 is 8.07 Å². The Bertz CT molecular complexity index is 1940. The topological polar surface area (TPSA) is 25.2 Å². The van der Waals surface area contributed by atoms with Crippen molar-refractivity contribution in [2.24, 2.45) is 7.05 Å². The lowest BCUT2D eigenvalue weighted by Crippen LogP contribution is -2.75. The summed E-state index contributed by atoms with van der Waals surface area (Å²) in [5.41, 5.74) is 7.35. The third-order valence-electron chi connectivity index (χ3n) is 8.67. The van der Waals surface area contributed by atoms with Crippen LogP contribution in [0.4, 0.5) is 17.1 Å². The van der Waals surface area contributed by atoms with E-state index in [4.69, 9.17) is 0 Å². The van der Waals surface area contributed by atoms with Gasteiger partial charge in [0.05, 0.1) is 0 Å². The molecular weight excluding hydrogens is 492 g/mol. The predicted molar refractivity (Wildman–Crippen MR) is 165 cm³/mol. The molecule has 0 saturated heterocycles. The van der Waals surface area contributed by atoms with Crippen LogP contribution in [0.15, 0.2) is 126 Å². The summed E-state index contributed by atoms with van der Waals surface area (Å²) in [4.78, 5) is 15.3. The van der Waals surface area contributed by atoms with Crippen LogP contribution in [0, 0.1) is 6.92 Å². The third-order valence-corrected chi connectivity index (χ3v) is 13.6. The number of aromatic nitrogens is 1. The average Bonchev–Trinajstić information content (AvgIpc) is 3.27. The Labute approximate surface area is 228 Å². The summed E-state index contributed by atoms with van der Waals surface area (Å²) in [5, 5.41) is 7.49. The zero-order valence-corrected chi connectivity index (χ0v) is 22.8. The minimum atomic E-state index is -2.55. The van der Waals surface area contributed by atoms with Gasteiger partial charge < -0.3 is 9.47 Å². The maximum absolute atomic E-state index is 12.9. The summed E-state index contributed by atoms with van der Waals surface area (Å²) < 4.78 is 1.67. The van der Waals surface area contributed by atoms with Gasteiger partial charge in [0.25, 0.3) is 5.56 Å². The number of para-hydroxylation sites is 2. The number of benzene rings is 5. The van der Waals surface area contributed by atoms with Gasteiger partial charge in [0.15, 0.2) is 8.07 Å². The molecule has 1 spiro atoms. The van der Waals surface area contributed by atoms with E-state index in [1.165, 1.54) is 43.2 Å². The Hall–Kier alpha value is -4.67. The van der Waals surface area contributed by atoms with Crippen LogP contribution >= 0.6 is 0 Å².